The largest absolute Gasteiger partial charge is 0.469 e. The lowest BCUT2D eigenvalue weighted by Crippen LogP contribution is -2.46. The Morgan fingerprint density at radius 2 is 1.85 bits per heavy atom. The van der Waals surface area contributed by atoms with Gasteiger partial charge in [-0.2, -0.15) is 0 Å². The van der Waals surface area contributed by atoms with Crippen molar-refractivity contribution in [3.63, 3.8) is 0 Å². The highest BCUT2D eigenvalue weighted by atomic mass is 16.3. The topological polar surface area (TPSA) is 25.2 Å². The SMILES string of the molecule is CNC(Cc1ccco1)C1(c2ccccc2)CCCC1. The molecule has 1 aromatic carbocycles. The molecule has 0 saturated heterocycles. The summed E-state index contributed by atoms with van der Waals surface area (Å²) in [5.74, 6) is 1.08. The van der Waals surface area contributed by atoms with Crippen LogP contribution in [-0.4, -0.2) is 13.1 Å². The zero-order chi connectivity index (χ0) is 13.8. The van der Waals surface area contributed by atoms with Crippen LogP contribution in [0.3, 0.4) is 0 Å². The zero-order valence-electron chi connectivity index (χ0n) is 12.1. The van der Waals surface area contributed by atoms with E-state index in [0.717, 1.165) is 12.2 Å². The van der Waals surface area contributed by atoms with E-state index in [-0.39, 0.29) is 5.41 Å². The van der Waals surface area contributed by atoms with Crippen LogP contribution in [0.1, 0.15) is 37.0 Å². The third-order valence-electron chi connectivity index (χ3n) is 4.85. The van der Waals surface area contributed by atoms with Gasteiger partial charge in [0.25, 0.3) is 0 Å². The third-order valence-corrected chi connectivity index (χ3v) is 4.85. The normalized spacial score (nSPS) is 19.1. The maximum Gasteiger partial charge on any atom is 0.105 e. The summed E-state index contributed by atoms with van der Waals surface area (Å²) in [5, 5.41) is 3.56. The van der Waals surface area contributed by atoms with Crippen LogP contribution in [0.5, 0.6) is 0 Å². The fraction of sp³-hybridized carbons (Fsp3) is 0.444. The number of hydrogen-bond acceptors (Lipinski definition) is 2. The van der Waals surface area contributed by atoms with Crippen molar-refractivity contribution in [2.24, 2.45) is 0 Å². The molecule has 0 radical (unpaired) electrons. The second kappa shape index (κ2) is 5.84. The van der Waals surface area contributed by atoms with Gasteiger partial charge in [-0.3, -0.25) is 0 Å². The van der Waals surface area contributed by atoms with E-state index in [1.54, 1.807) is 6.26 Å². The van der Waals surface area contributed by atoms with E-state index in [9.17, 15) is 0 Å². The van der Waals surface area contributed by atoms with E-state index in [4.69, 9.17) is 4.42 Å². The van der Waals surface area contributed by atoms with Gasteiger partial charge in [0, 0.05) is 17.9 Å². The molecule has 2 nitrogen and oxygen atoms in total. The highest BCUT2D eigenvalue weighted by molar-refractivity contribution is 5.30. The Bertz CT molecular complexity index is 512. The first-order valence-corrected chi connectivity index (χ1v) is 7.60. The minimum Gasteiger partial charge on any atom is -0.469 e. The van der Waals surface area contributed by atoms with Crippen LogP contribution >= 0.6 is 0 Å². The summed E-state index contributed by atoms with van der Waals surface area (Å²) in [7, 11) is 2.08. The van der Waals surface area contributed by atoms with Gasteiger partial charge >= 0.3 is 0 Å². The van der Waals surface area contributed by atoms with Crippen LogP contribution < -0.4 is 5.32 Å². The second-order valence-electron chi connectivity index (χ2n) is 5.85. The molecule has 1 fully saturated rings. The molecule has 106 valence electrons. The summed E-state index contributed by atoms with van der Waals surface area (Å²) in [6.45, 7) is 0. The Morgan fingerprint density at radius 1 is 1.10 bits per heavy atom. The Balaban J connectivity index is 1.92. The molecule has 1 unspecified atom stereocenters. The Hall–Kier alpha value is -1.54. The summed E-state index contributed by atoms with van der Waals surface area (Å²) in [4.78, 5) is 0. The predicted octanol–water partition coefficient (Wildman–Crippen LogP) is 3.92. The van der Waals surface area contributed by atoms with Crippen molar-refractivity contribution >= 4 is 0 Å². The van der Waals surface area contributed by atoms with Crippen LogP contribution in [0.15, 0.2) is 53.1 Å². The number of nitrogens with one attached hydrogen (secondary N) is 1. The van der Waals surface area contributed by atoms with E-state index in [1.807, 2.05) is 6.07 Å². The van der Waals surface area contributed by atoms with Gasteiger partial charge in [0.1, 0.15) is 5.76 Å². The van der Waals surface area contributed by atoms with Crippen molar-refractivity contribution in [2.75, 3.05) is 7.05 Å². The van der Waals surface area contributed by atoms with E-state index in [1.165, 1.54) is 31.2 Å². The van der Waals surface area contributed by atoms with Gasteiger partial charge in [0.15, 0.2) is 0 Å². The summed E-state index contributed by atoms with van der Waals surface area (Å²) >= 11 is 0. The van der Waals surface area contributed by atoms with Crippen molar-refractivity contribution in [3.8, 4) is 0 Å². The van der Waals surface area contributed by atoms with Crippen LogP contribution in [0, 0.1) is 0 Å². The third kappa shape index (κ3) is 2.40. The molecule has 2 aromatic rings. The van der Waals surface area contributed by atoms with Crippen molar-refractivity contribution in [1.29, 1.82) is 0 Å². The summed E-state index contributed by atoms with van der Waals surface area (Å²) < 4.78 is 5.57. The lowest BCUT2D eigenvalue weighted by atomic mass is 9.71. The zero-order valence-corrected chi connectivity index (χ0v) is 12.1. The molecular formula is C18H23NO. The van der Waals surface area contributed by atoms with Gasteiger partial charge in [-0.05, 0) is 37.6 Å². The van der Waals surface area contributed by atoms with Crippen LogP contribution in [0.4, 0.5) is 0 Å². The highest BCUT2D eigenvalue weighted by Crippen LogP contribution is 2.44. The maximum atomic E-state index is 5.57. The molecule has 1 N–H and O–H groups in total. The van der Waals surface area contributed by atoms with Gasteiger partial charge in [0.2, 0.25) is 0 Å². The van der Waals surface area contributed by atoms with Gasteiger partial charge < -0.3 is 9.73 Å². The summed E-state index contributed by atoms with van der Waals surface area (Å²) in [6.07, 6.45) is 7.91. The smallest absolute Gasteiger partial charge is 0.105 e. The molecule has 0 spiro atoms. The van der Waals surface area contributed by atoms with Crippen LogP contribution in [0.2, 0.25) is 0 Å². The summed E-state index contributed by atoms with van der Waals surface area (Å²) in [5.41, 5.74) is 1.73. The quantitative estimate of drug-likeness (QED) is 0.890. The van der Waals surface area contributed by atoms with Gasteiger partial charge in [-0.25, -0.2) is 0 Å². The number of benzene rings is 1. The van der Waals surface area contributed by atoms with Crippen molar-refractivity contribution in [2.45, 2.75) is 43.6 Å². The van der Waals surface area contributed by atoms with E-state index < -0.39 is 0 Å². The second-order valence-corrected chi connectivity index (χ2v) is 5.85. The first-order valence-electron chi connectivity index (χ1n) is 7.60. The van der Waals surface area contributed by atoms with Crippen molar-refractivity contribution in [1.82, 2.24) is 5.32 Å². The van der Waals surface area contributed by atoms with Crippen molar-refractivity contribution in [3.05, 3.63) is 60.1 Å². The van der Waals surface area contributed by atoms with Gasteiger partial charge in [-0.15, -0.1) is 0 Å². The fourth-order valence-electron chi connectivity index (χ4n) is 3.82. The Kier molecular flexibility index (Phi) is 3.93. The molecule has 0 bridgehead atoms. The summed E-state index contributed by atoms with van der Waals surface area (Å²) in [6, 6.07) is 15.5. The van der Waals surface area contributed by atoms with Gasteiger partial charge in [-0.1, -0.05) is 43.2 Å². The molecule has 1 aromatic heterocycles. The number of likely N-dealkylation sites (N-methyl/N-ethyl adjacent to an activating group) is 1. The lowest BCUT2D eigenvalue weighted by Gasteiger charge is -2.38. The molecule has 1 saturated carbocycles. The standard InChI is InChI=1S/C18H23NO/c1-19-17(14-16-10-7-13-20-16)18(11-5-6-12-18)15-8-3-2-4-9-15/h2-4,7-10,13,17,19H,5-6,11-12,14H2,1H3. The molecule has 2 heteroatoms. The first-order chi connectivity index (χ1) is 9.85. The average molecular weight is 269 g/mol. The number of furan rings is 1. The van der Waals surface area contributed by atoms with E-state index >= 15 is 0 Å². The molecule has 1 atom stereocenters. The molecule has 3 rings (SSSR count). The fourth-order valence-corrected chi connectivity index (χ4v) is 3.82. The van der Waals surface area contributed by atoms with E-state index in [2.05, 4.69) is 48.8 Å². The van der Waals surface area contributed by atoms with Gasteiger partial charge in [0.05, 0.1) is 6.26 Å². The van der Waals surface area contributed by atoms with Crippen molar-refractivity contribution < 1.29 is 4.42 Å². The monoisotopic (exact) mass is 269 g/mol. The Labute approximate surface area is 121 Å². The first kappa shape index (κ1) is 13.4. The van der Waals surface area contributed by atoms with E-state index in [0.29, 0.717) is 6.04 Å². The van der Waals surface area contributed by atoms with Crippen LogP contribution in [0.25, 0.3) is 0 Å². The minimum atomic E-state index is 0.253. The molecule has 0 aliphatic heterocycles. The lowest BCUT2D eigenvalue weighted by molar-refractivity contribution is 0.293. The molecule has 1 aliphatic carbocycles. The number of hydrogen-bond donors (Lipinski definition) is 1. The Morgan fingerprint density at radius 3 is 2.45 bits per heavy atom. The molecule has 20 heavy (non-hydrogen) atoms. The number of rotatable bonds is 5. The van der Waals surface area contributed by atoms with Crippen LogP contribution in [-0.2, 0) is 11.8 Å². The predicted molar refractivity (Wildman–Crippen MR) is 81.8 cm³/mol. The maximum absolute atomic E-state index is 5.57. The minimum absolute atomic E-state index is 0.253. The molecule has 1 heterocycles. The average Bonchev–Trinajstić information content (AvgIpc) is 3.18. The molecule has 1 aliphatic rings. The molecular weight excluding hydrogens is 246 g/mol. The highest BCUT2D eigenvalue weighted by Gasteiger charge is 2.42. The molecule has 0 amide bonds.